The van der Waals surface area contributed by atoms with Gasteiger partial charge >= 0.3 is 11.9 Å². The van der Waals surface area contributed by atoms with Gasteiger partial charge in [0.05, 0.1) is 18.8 Å². The number of nitrogens with zero attached hydrogens (tertiary/aromatic N) is 1. The predicted octanol–water partition coefficient (Wildman–Crippen LogP) is 1.19. The summed E-state index contributed by atoms with van der Waals surface area (Å²) in [6, 6.07) is 4.91. The number of aromatic nitrogens is 1. The van der Waals surface area contributed by atoms with E-state index in [1.54, 1.807) is 39.0 Å². The van der Waals surface area contributed by atoms with Crippen molar-refractivity contribution in [2.75, 3.05) is 0 Å². The first-order chi connectivity index (χ1) is 9.19. The van der Waals surface area contributed by atoms with E-state index < -0.39 is 23.5 Å². The van der Waals surface area contributed by atoms with Crippen molar-refractivity contribution in [3.63, 3.8) is 0 Å². The third-order valence-electron chi connectivity index (χ3n) is 2.56. The molecule has 1 atom stereocenters. The summed E-state index contributed by atoms with van der Waals surface area (Å²) in [5, 5.41) is 18.7. The summed E-state index contributed by atoms with van der Waals surface area (Å²) >= 11 is 0. The van der Waals surface area contributed by atoms with Gasteiger partial charge in [0.2, 0.25) is 11.9 Å². The number of esters is 1. The van der Waals surface area contributed by atoms with Crippen LogP contribution in [0.25, 0.3) is 0 Å². The third-order valence-corrected chi connectivity index (χ3v) is 2.56. The quantitative estimate of drug-likeness (QED) is 0.481. The molecule has 0 radical (unpaired) electrons. The van der Waals surface area contributed by atoms with Crippen LogP contribution in [0.3, 0.4) is 0 Å². The minimum Gasteiger partial charge on any atom is -0.481 e. The van der Waals surface area contributed by atoms with Crippen LogP contribution in [0.15, 0.2) is 24.4 Å². The van der Waals surface area contributed by atoms with Crippen LogP contribution in [0.2, 0.25) is 0 Å². The molecule has 0 spiro atoms. The Kier molecular flexibility index (Phi) is 5.07. The summed E-state index contributed by atoms with van der Waals surface area (Å²) in [6.07, 6.45) is 1.22. The number of carbonyl (C=O) groups is 2. The molecule has 0 saturated carbocycles. The number of carbonyl (C=O) groups excluding carboxylic acids is 1. The van der Waals surface area contributed by atoms with Gasteiger partial charge in [-0.05, 0) is 26.8 Å². The van der Waals surface area contributed by atoms with E-state index >= 15 is 0 Å². The molecule has 0 aliphatic carbocycles. The zero-order valence-electron chi connectivity index (χ0n) is 11.9. The van der Waals surface area contributed by atoms with Gasteiger partial charge in [-0.25, -0.2) is 0 Å². The maximum Gasteiger partial charge on any atom is 0.307 e. The van der Waals surface area contributed by atoms with Crippen LogP contribution in [-0.4, -0.2) is 27.9 Å². The molecule has 0 amide bonds. The van der Waals surface area contributed by atoms with Crippen molar-refractivity contribution in [1.82, 2.24) is 0 Å². The SMILES string of the molecule is CC(C)(C)OC(=O)C[C@@H](Cc1cccc[n+]1O)C(=O)O. The highest BCUT2D eigenvalue weighted by molar-refractivity contribution is 5.79. The molecule has 0 aliphatic rings. The van der Waals surface area contributed by atoms with Crippen LogP contribution >= 0.6 is 0 Å². The van der Waals surface area contributed by atoms with Gasteiger partial charge in [0, 0.05) is 16.9 Å². The van der Waals surface area contributed by atoms with Gasteiger partial charge in [-0.15, -0.1) is 0 Å². The van der Waals surface area contributed by atoms with Gasteiger partial charge in [0.1, 0.15) is 5.60 Å². The van der Waals surface area contributed by atoms with Gasteiger partial charge in [0.25, 0.3) is 0 Å². The fourth-order valence-corrected chi connectivity index (χ4v) is 1.72. The van der Waals surface area contributed by atoms with Crippen LogP contribution in [-0.2, 0) is 20.7 Å². The largest absolute Gasteiger partial charge is 0.481 e. The van der Waals surface area contributed by atoms with Crippen LogP contribution in [0.4, 0.5) is 0 Å². The molecular formula is C14H20NO5+. The second kappa shape index (κ2) is 6.36. The lowest BCUT2D eigenvalue weighted by Gasteiger charge is -2.20. The molecule has 0 saturated heterocycles. The maximum atomic E-state index is 11.7. The van der Waals surface area contributed by atoms with E-state index in [0.717, 1.165) is 4.73 Å². The molecule has 110 valence electrons. The Morgan fingerprint density at radius 3 is 2.50 bits per heavy atom. The molecule has 6 heteroatoms. The lowest BCUT2D eigenvalue weighted by molar-refractivity contribution is -0.909. The summed E-state index contributed by atoms with van der Waals surface area (Å²) in [7, 11) is 0. The number of hydrogen-bond acceptors (Lipinski definition) is 4. The highest BCUT2D eigenvalue weighted by Gasteiger charge is 2.28. The average Bonchev–Trinajstić information content (AvgIpc) is 2.28. The summed E-state index contributed by atoms with van der Waals surface area (Å²) in [4.78, 5) is 22.9. The average molecular weight is 282 g/mol. The number of ether oxygens (including phenoxy) is 1. The third kappa shape index (κ3) is 5.26. The molecular weight excluding hydrogens is 262 g/mol. The first kappa shape index (κ1) is 15.9. The predicted molar refractivity (Wildman–Crippen MR) is 69.1 cm³/mol. The molecule has 20 heavy (non-hydrogen) atoms. The van der Waals surface area contributed by atoms with Crippen molar-refractivity contribution in [2.24, 2.45) is 5.92 Å². The molecule has 0 unspecified atom stereocenters. The summed E-state index contributed by atoms with van der Waals surface area (Å²) < 4.78 is 5.97. The fourth-order valence-electron chi connectivity index (χ4n) is 1.72. The topological polar surface area (TPSA) is 87.7 Å². The molecule has 0 aromatic carbocycles. The first-order valence-corrected chi connectivity index (χ1v) is 6.32. The number of pyridine rings is 1. The molecule has 1 rings (SSSR count). The molecule has 0 aliphatic heterocycles. The maximum absolute atomic E-state index is 11.7. The highest BCUT2D eigenvalue weighted by atomic mass is 16.6. The van der Waals surface area contributed by atoms with Crippen molar-refractivity contribution in [1.29, 1.82) is 0 Å². The smallest absolute Gasteiger partial charge is 0.307 e. The van der Waals surface area contributed by atoms with Crippen molar-refractivity contribution in [3.8, 4) is 0 Å². The van der Waals surface area contributed by atoms with E-state index in [1.807, 2.05) is 0 Å². The van der Waals surface area contributed by atoms with Gasteiger partial charge in [-0.3, -0.25) is 14.8 Å². The van der Waals surface area contributed by atoms with Crippen molar-refractivity contribution < 1.29 is 29.4 Å². The Hall–Kier alpha value is -2.11. The van der Waals surface area contributed by atoms with Crippen LogP contribution < -0.4 is 4.73 Å². The first-order valence-electron chi connectivity index (χ1n) is 6.32. The van der Waals surface area contributed by atoms with Gasteiger partial charge in [-0.2, -0.15) is 0 Å². The number of aliphatic carboxylic acids is 1. The Labute approximate surface area is 117 Å². The summed E-state index contributed by atoms with van der Waals surface area (Å²) in [6.45, 7) is 5.17. The number of carboxylic acid groups (broad SMARTS) is 1. The monoisotopic (exact) mass is 282 g/mol. The van der Waals surface area contributed by atoms with E-state index in [-0.39, 0.29) is 12.8 Å². The lowest BCUT2D eigenvalue weighted by atomic mass is 9.99. The molecule has 0 fully saturated rings. The van der Waals surface area contributed by atoms with E-state index in [1.165, 1.54) is 6.20 Å². The van der Waals surface area contributed by atoms with Crippen LogP contribution in [0.5, 0.6) is 0 Å². The summed E-state index contributed by atoms with van der Waals surface area (Å²) in [5.74, 6) is -2.60. The minimum absolute atomic E-state index is 0.0475. The number of rotatable bonds is 5. The summed E-state index contributed by atoms with van der Waals surface area (Å²) in [5.41, 5.74) is -0.229. The van der Waals surface area contributed by atoms with Crippen molar-refractivity contribution in [3.05, 3.63) is 30.1 Å². The standard InChI is InChI=1S/C14H19NO5/c1-14(2,3)20-12(16)9-10(13(17)18)8-11-6-4-5-7-15(11)19/h4-7,10H,8-9H2,1-3H3,(H-,17,18,19)/p+1/t10-/m1/s1. The van der Waals surface area contributed by atoms with E-state index in [0.29, 0.717) is 5.69 Å². The highest BCUT2D eigenvalue weighted by Crippen LogP contribution is 2.15. The molecule has 1 aromatic heterocycles. The van der Waals surface area contributed by atoms with Crippen LogP contribution in [0.1, 0.15) is 32.9 Å². The number of hydrogen-bond donors (Lipinski definition) is 2. The lowest BCUT2D eigenvalue weighted by Crippen LogP contribution is -2.37. The Balaban J connectivity index is 2.74. The Morgan fingerprint density at radius 1 is 1.35 bits per heavy atom. The molecule has 1 aromatic rings. The molecule has 6 nitrogen and oxygen atoms in total. The van der Waals surface area contributed by atoms with E-state index in [4.69, 9.17) is 4.74 Å². The zero-order chi connectivity index (χ0) is 15.3. The minimum atomic E-state index is -1.10. The second-order valence-electron chi connectivity index (χ2n) is 5.57. The normalized spacial score (nSPS) is 12.8. The van der Waals surface area contributed by atoms with Crippen molar-refractivity contribution >= 4 is 11.9 Å². The number of carboxylic acids is 1. The van der Waals surface area contributed by atoms with Gasteiger partial charge in [-0.1, -0.05) is 0 Å². The van der Waals surface area contributed by atoms with E-state index in [2.05, 4.69) is 0 Å². The Morgan fingerprint density at radius 2 is 2.00 bits per heavy atom. The molecule has 2 N–H and O–H groups in total. The fraction of sp³-hybridized carbons (Fsp3) is 0.500. The van der Waals surface area contributed by atoms with Gasteiger partial charge < -0.3 is 9.84 Å². The Bertz CT molecular complexity index is 493. The second-order valence-corrected chi connectivity index (χ2v) is 5.57. The van der Waals surface area contributed by atoms with Gasteiger partial charge in [0.15, 0.2) is 0 Å². The van der Waals surface area contributed by atoms with Crippen molar-refractivity contribution in [2.45, 2.75) is 39.2 Å². The van der Waals surface area contributed by atoms with Crippen LogP contribution in [0, 0.1) is 5.92 Å². The zero-order valence-corrected chi connectivity index (χ0v) is 11.9. The molecule has 0 bridgehead atoms. The van der Waals surface area contributed by atoms with E-state index in [9.17, 15) is 19.9 Å². The molecule has 1 heterocycles.